The van der Waals surface area contributed by atoms with Crippen LogP contribution in [0.1, 0.15) is 28.9 Å². The van der Waals surface area contributed by atoms with Crippen LogP contribution in [0.15, 0.2) is 53.4 Å². The zero-order valence-corrected chi connectivity index (χ0v) is 13.4. The molecule has 0 aliphatic rings. The summed E-state index contributed by atoms with van der Waals surface area (Å²) in [6, 6.07) is 10.5. The molecular weight excluding hydrogens is 321 g/mol. The standard InChI is InChI=1S/C16H16FNO4S/c1-11(12-6-8-14(17)9-7-12)18-23(20,21)15-5-3-4-13(10-15)16(19)22-2/h3-11,18H,1-2H3. The van der Waals surface area contributed by atoms with E-state index >= 15 is 0 Å². The highest BCUT2D eigenvalue weighted by Gasteiger charge is 2.20. The Kier molecular flexibility index (Phi) is 5.12. The van der Waals surface area contributed by atoms with E-state index in [1.807, 2.05) is 0 Å². The number of carbonyl (C=O) groups excluding carboxylic acids is 1. The van der Waals surface area contributed by atoms with Gasteiger partial charge in [0, 0.05) is 6.04 Å². The Hall–Kier alpha value is -2.25. The molecule has 23 heavy (non-hydrogen) atoms. The van der Waals surface area contributed by atoms with E-state index in [-0.39, 0.29) is 10.5 Å². The van der Waals surface area contributed by atoms with Crippen molar-refractivity contribution in [1.29, 1.82) is 0 Å². The van der Waals surface area contributed by atoms with Crippen LogP contribution in [-0.2, 0) is 14.8 Å². The second-order valence-corrected chi connectivity index (χ2v) is 6.63. The van der Waals surface area contributed by atoms with E-state index in [4.69, 9.17) is 0 Å². The van der Waals surface area contributed by atoms with E-state index < -0.39 is 27.9 Å². The summed E-state index contributed by atoms with van der Waals surface area (Å²) in [5.41, 5.74) is 0.768. The topological polar surface area (TPSA) is 72.5 Å². The van der Waals surface area contributed by atoms with Crippen LogP contribution in [-0.4, -0.2) is 21.5 Å². The van der Waals surface area contributed by atoms with Crippen molar-refractivity contribution in [2.75, 3.05) is 7.11 Å². The fraction of sp³-hybridized carbons (Fsp3) is 0.188. The zero-order chi connectivity index (χ0) is 17.0. The number of esters is 1. The van der Waals surface area contributed by atoms with Crippen LogP contribution in [0.5, 0.6) is 0 Å². The lowest BCUT2D eigenvalue weighted by molar-refractivity contribution is 0.0600. The van der Waals surface area contributed by atoms with Crippen molar-refractivity contribution in [2.45, 2.75) is 17.9 Å². The summed E-state index contributed by atoms with van der Waals surface area (Å²) in [5.74, 6) is -1.01. The molecule has 1 N–H and O–H groups in total. The highest BCUT2D eigenvalue weighted by atomic mass is 32.2. The minimum Gasteiger partial charge on any atom is -0.465 e. The van der Waals surface area contributed by atoms with Crippen molar-refractivity contribution in [1.82, 2.24) is 4.72 Å². The molecule has 0 saturated carbocycles. The second kappa shape index (κ2) is 6.89. The minimum atomic E-state index is -3.83. The monoisotopic (exact) mass is 337 g/mol. The predicted octanol–water partition coefficient (Wildman–Crippen LogP) is 2.65. The molecule has 7 heteroatoms. The highest BCUT2D eigenvalue weighted by molar-refractivity contribution is 7.89. The predicted molar refractivity (Wildman–Crippen MR) is 82.9 cm³/mol. The maximum absolute atomic E-state index is 12.9. The Bertz CT molecular complexity index is 803. The molecule has 0 radical (unpaired) electrons. The third-order valence-corrected chi connectivity index (χ3v) is 4.81. The van der Waals surface area contributed by atoms with Gasteiger partial charge in [0.2, 0.25) is 10.0 Å². The summed E-state index contributed by atoms with van der Waals surface area (Å²) >= 11 is 0. The number of benzene rings is 2. The number of halogens is 1. The fourth-order valence-corrected chi connectivity index (χ4v) is 3.31. The summed E-state index contributed by atoms with van der Waals surface area (Å²) in [5, 5.41) is 0. The molecule has 0 heterocycles. The molecule has 0 spiro atoms. The molecule has 0 amide bonds. The number of ether oxygens (including phenoxy) is 1. The third kappa shape index (κ3) is 4.14. The van der Waals surface area contributed by atoms with Crippen LogP contribution in [0.4, 0.5) is 4.39 Å². The molecule has 0 saturated heterocycles. The second-order valence-electron chi connectivity index (χ2n) is 4.91. The van der Waals surface area contributed by atoms with Crippen molar-refractivity contribution in [2.24, 2.45) is 0 Å². The van der Waals surface area contributed by atoms with Gasteiger partial charge in [-0.2, -0.15) is 0 Å². The average Bonchev–Trinajstić information content (AvgIpc) is 2.54. The largest absolute Gasteiger partial charge is 0.465 e. The normalized spacial score (nSPS) is 12.7. The Balaban J connectivity index is 2.24. The van der Waals surface area contributed by atoms with Gasteiger partial charge in [0.05, 0.1) is 17.6 Å². The lowest BCUT2D eigenvalue weighted by Crippen LogP contribution is -2.27. The summed E-state index contributed by atoms with van der Waals surface area (Å²) in [4.78, 5) is 11.4. The molecule has 1 unspecified atom stereocenters. The molecule has 2 rings (SSSR count). The number of methoxy groups -OCH3 is 1. The first-order valence-electron chi connectivity index (χ1n) is 6.79. The zero-order valence-electron chi connectivity index (χ0n) is 12.6. The van der Waals surface area contributed by atoms with Gasteiger partial charge in [-0.1, -0.05) is 18.2 Å². The molecule has 0 aliphatic heterocycles. The Morgan fingerprint density at radius 3 is 2.43 bits per heavy atom. The van der Waals surface area contributed by atoms with Gasteiger partial charge >= 0.3 is 5.97 Å². The maximum atomic E-state index is 12.9. The average molecular weight is 337 g/mol. The fourth-order valence-electron chi connectivity index (χ4n) is 2.03. The molecule has 2 aromatic carbocycles. The lowest BCUT2D eigenvalue weighted by atomic mass is 10.1. The molecule has 0 aromatic heterocycles. The molecule has 0 fully saturated rings. The van der Waals surface area contributed by atoms with Gasteiger partial charge in [-0.15, -0.1) is 0 Å². The van der Waals surface area contributed by atoms with E-state index in [0.717, 1.165) is 0 Å². The first-order valence-corrected chi connectivity index (χ1v) is 8.28. The van der Waals surface area contributed by atoms with E-state index in [1.165, 1.54) is 55.6 Å². The minimum absolute atomic E-state index is 0.0469. The Labute approximate surface area is 134 Å². The number of hydrogen-bond donors (Lipinski definition) is 1. The van der Waals surface area contributed by atoms with Crippen LogP contribution in [0.3, 0.4) is 0 Å². The summed E-state index contributed by atoms with van der Waals surface area (Å²) in [7, 11) is -2.61. The van der Waals surface area contributed by atoms with Crippen LogP contribution in [0, 0.1) is 5.82 Å². The van der Waals surface area contributed by atoms with Crippen molar-refractivity contribution in [3.05, 3.63) is 65.5 Å². The molecule has 0 aliphatic carbocycles. The molecule has 5 nitrogen and oxygen atoms in total. The van der Waals surface area contributed by atoms with Crippen LogP contribution in [0.2, 0.25) is 0 Å². The maximum Gasteiger partial charge on any atom is 0.337 e. The number of rotatable bonds is 5. The number of hydrogen-bond acceptors (Lipinski definition) is 4. The van der Waals surface area contributed by atoms with Crippen molar-refractivity contribution >= 4 is 16.0 Å². The summed E-state index contributed by atoms with van der Waals surface area (Å²) < 4.78 is 44.8. The molecule has 122 valence electrons. The van der Waals surface area contributed by atoms with E-state index in [9.17, 15) is 17.6 Å². The van der Waals surface area contributed by atoms with Gasteiger partial charge < -0.3 is 4.74 Å². The van der Waals surface area contributed by atoms with Crippen molar-refractivity contribution in [3.8, 4) is 0 Å². The van der Waals surface area contributed by atoms with Crippen LogP contribution >= 0.6 is 0 Å². The summed E-state index contributed by atoms with van der Waals surface area (Å²) in [6.45, 7) is 1.65. The first kappa shape index (κ1) is 17.1. The van der Waals surface area contributed by atoms with Gasteiger partial charge in [-0.25, -0.2) is 22.3 Å². The quantitative estimate of drug-likeness (QED) is 0.852. The highest BCUT2D eigenvalue weighted by Crippen LogP contribution is 2.18. The number of sulfonamides is 1. The van der Waals surface area contributed by atoms with Gasteiger partial charge in [0.25, 0.3) is 0 Å². The molecule has 0 bridgehead atoms. The Morgan fingerprint density at radius 2 is 1.83 bits per heavy atom. The third-order valence-electron chi connectivity index (χ3n) is 3.27. The molecule has 2 aromatic rings. The number of carbonyl (C=O) groups is 1. The lowest BCUT2D eigenvalue weighted by Gasteiger charge is -2.15. The van der Waals surface area contributed by atoms with E-state index in [1.54, 1.807) is 6.92 Å². The SMILES string of the molecule is COC(=O)c1cccc(S(=O)(=O)NC(C)c2ccc(F)cc2)c1. The van der Waals surface area contributed by atoms with Crippen LogP contribution in [0.25, 0.3) is 0 Å². The van der Waals surface area contributed by atoms with Crippen molar-refractivity contribution < 1.29 is 22.3 Å². The van der Waals surface area contributed by atoms with Gasteiger partial charge in [0.1, 0.15) is 5.82 Å². The first-order chi connectivity index (χ1) is 10.8. The van der Waals surface area contributed by atoms with E-state index in [0.29, 0.717) is 5.56 Å². The van der Waals surface area contributed by atoms with Crippen LogP contribution < -0.4 is 4.72 Å². The van der Waals surface area contributed by atoms with Gasteiger partial charge in [-0.3, -0.25) is 0 Å². The number of nitrogens with one attached hydrogen (secondary N) is 1. The summed E-state index contributed by atoms with van der Waals surface area (Å²) in [6.07, 6.45) is 0. The Morgan fingerprint density at radius 1 is 1.17 bits per heavy atom. The van der Waals surface area contributed by atoms with Gasteiger partial charge in [-0.05, 0) is 42.8 Å². The molecular formula is C16H16FNO4S. The van der Waals surface area contributed by atoms with E-state index in [2.05, 4.69) is 9.46 Å². The smallest absolute Gasteiger partial charge is 0.337 e. The van der Waals surface area contributed by atoms with Crippen molar-refractivity contribution in [3.63, 3.8) is 0 Å². The van der Waals surface area contributed by atoms with Gasteiger partial charge in [0.15, 0.2) is 0 Å². The molecule has 1 atom stereocenters.